The number of carboxylic acids is 2. The van der Waals surface area contributed by atoms with Crippen LogP contribution in [0.25, 0.3) is 0 Å². The topological polar surface area (TPSA) is 130 Å². The van der Waals surface area contributed by atoms with Gasteiger partial charge in [0, 0.05) is 6.42 Å². The van der Waals surface area contributed by atoms with E-state index in [1.54, 1.807) is 0 Å². The molecule has 1 amide bonds. The average molecular weight is 309 g/mol. The first-order chi connectivity index (χ1) is 10.4. The van der Waals surface area contributed by atoms with Gasteiger partial charge in [-0.15, -0.1) is 0 Å². The number of benzene rings is 1. The van der Waals surface area contributed by atoms with Crippen molar-refractivity contribution >= 4 is 23.8 Å². The van der Waals surface area contributed by atoms with Crippen LogP contribution in [0.15, 0.2) is 24.3 Å². The maximum absolute atomic E-state index is 12.1. The van der Waals surface area contributed by atoms with Crippen LogP contribution in [0.5, 0.6) is 0 Å². The molecule has 0 unspecified atom stereocenters. The minimum absolute atomic E-state index is 0.00938. The fraction of sp³-hybridized carbons (Fsp3) is 0.286. The van der Waals surface area contributed by atoms with Crippen LogP contribution in [0.3, 0.4) is 0 Å². The van der Waals surface area contributed by atoms with E-state index < -0.39 is 36.3 Å². The molecule has 8 nitrogen and oxygen atoms in total. The third-order valence-electron chi connectivity index (χ3n) is 2.83. The Morgan fingerprint density at radius 3 is 2.23 bits per heavy atom. The summed E-state index contributed by atoms with van der Waals surface area (Å²) in [7, 11) is 1.16. The molecule has 1 aromatic rings. The predicted octanol–water partition coefficient (Wildman–Crippen LogP) is 0.521. The van der Waals surface area contributed by atoms with Gasteiger partial charge in [-0.1, -0.05) is 12.1 Å². The smallest absolute Gasteiger partial charge is 0.338 e. The fourth-order valence-corrected chi connectivity index (χ4v) is 1.73. The number of carbonyl (C=O) groups excluding carboxylic acids is 2. The lowest BCUT2D eigenvalue weighted by Gasteiger charge is -2.14. The van der Waals surface area contributed by atoms with E-state index in [1.807, 2.05) is 0 Å². The van der Waals surface area contributed by atoms with Crippen molar-refractivity contribution in [2.24, 2.45) is 0 Å². The van der Waals surface area contributed by atoms with E-state index in [-0.39, 0.29) is 17.5 Å². The molecule has 0 bridgehead atoms. The number of amides is 1. The van der Waals surface area contributed by atoms with Crippen molar-refractivity contribution in [2.75, 3.05) is 7.11 Å². The summed E-state index contributed by atoms with van der Waals surface area (Å²) in [6, 6.07) is 4.39. The van der Waals surface area contributed by atoms with Crippen LogP contribution < -0.4 is 5.32 Å². The standard InChI is InChI=1S/C14H15NO7/c1-22-14(21)9-5-3-2-4-8(9)12(18)15-10(13(19)20)6-7-11(16)17/h2-5,10H,6-7H2,1H3,(H,15,18)(H,16,17)(H,19,20)/t10-/m0/s1. The summed E-state index contributed by atoms with van der Waals surface area (Å²) in [5.74, 6) is -4.05. The van der Waals surface area contributed by atoms with Crippen molar-refractivity contribution in [1.29, 1.82) is 0 Å². The molecule has 8 heteroatoms. The quantitative estimate of drug-likeness (QED) is 0.626. The molecular weight excluding hydrogens is 294 g/mol. The van der Waals surface area contributed by atoms with Gasteiger partial charge in [0.2, 0.25) is 0 Å². The zero-order valence-corrected chi connectivity index (χ0v) is 11.7. The number of carboxylic acid groups (broad SMARTS) is 2. The highest BCUT2D eigenvalue weighted by molar-refractivity contribution is 6.06. The summed E-state index contributed by atoms with van der Waals surface area (Å²) in [5, 5.41) is 19.8. The summed E-state index contributed by atoms with van der Waals surface area (Å²) in [6.07, 6.45) is -0.674. The SMILES string of the molecule is COC(=O)c1ccccc1C(=O)N[C@@H](CCC(=O)O)C(=O)O. The van der Waals surface area contributed by atoms with Crippen LogP contribution in [0.2, 0.25) is 0 Å². The normalized spacial score (nSPS) is 11.3. The van der Waals surface area contributed by atoms with E-state index in [9.17, 15) is 19.2 Å². The second kappa shape index (κ2) is 7.77. The van der Waals surface area contributed by atoms with Gasteiger partial charge in [-0.25, -0.2) is 9.59 Å². The number of aliphatic carboxylic acids is 2. The first-order valence-corrected chi connectivity index (χ1v) is 6.29. The molecule has 0 saturated heterocycles. The highest BCUT2D eigenvalue weighted by Gasteiger charge is 2.24. The van der Waals surface area contributed by atoms with Gasteiger partial charge in [-0.05, 0) is 18.6 Å². The number of hydrogen-bond donors (Lipinski definition) is 3. The molecule has 0 aliphatic heterocycles. The number of hydrogen-bond acceptors (Lipinski definition) is 5. The van der Waals surface area contributed by atoms with Crippen LogP contribution in [-0.4, -0.2) is 47.2 Å². The average Bonchev–Trinajstić information content (AvgIpc) is 2.49. The Kier molecular flexibility index (Phi) is 6.06. The van der Waals surface area contributed by atoms with Crippen LogP contribution in [-0.2, 0) is 14.3 Å². The Bertz CT molecular complexity index is 597. The molecule has 0 fully saturated rings. The van der Waals surface area contributed by atoms with Gasteiger partial charge >= 0.3 is 17.9 Å². The van der Waals surface area contributed by atoms with Gasteiger partial charge in [0.25, 0.3) is 5.91 Å². The summed E-state index contributed by atoms with van der Waals surface area (Å²) in [4.78, 5) is 45.2. The maximum atomic E-state index is 12.1. The van der Waals surface area contributed by atoms with Crippen molar-refractivity contribution in [3.63, 3.8) is 0 Å². The molecule has 1 rings (SSSR count). The Hall–Kier alpha value is -2.90. The molecule has 0 radical (unpaired) electrons. The Morgan fingerprint density at radius 2 is 1.73 bits per heavy atom. The second-order valence-electron chi connectivity index (χ2n) is 4.33. The number of esters is 1. The molecule has 22 heavy (non-hydrogen) atoms. The zero-order valence-electron chi connectivity index (χ0n) is 11.7. The van der Waals surface area contributed by atoms with Gasteiger partial charge in [-0.2, -0.15) is 0 Å². The first-order valence-electron chi connectivity index (χ1n) is 6.29. The minimum Gasteiger partial charge on any atom is -0.481 e. The third kappa shape index (κ3) is 4.58. The van der Waals surface area contributed by atoms with Gasteiger partial charge in [-0.3, -0.25) is 9.59 Å². The molecule has 0 spiro atoms. The summed E-state index contributed by atoms with van der Waals surface area (Å²) < 4.78 is 4.55. The van der Waals surface area contributed by atoms with E-state index in [0.717, 1.165) is 7.11 Å². The number of rotatable bonds is 7. The highest BCUT2D eigenvalue weighted by Crippen LogP contribution is 2.11. The predicted molar refractivity (Wildman–Crippen MR) is 73.5 cm³/mol. The van der Waals surface area contributed by atoms with Gasteiger partial charge in [0.15, 0.2) is 0 Å². The van der Waals surface area contributed by atoms with Crippen LogP contribution >= 0.6 is 0 Å². The molecule has 1 atom stereocenters. The van der Waals surface area contributed by atoms with Gasteiger partial charge < -0.3 is 20.3 Å². The Morgan fingerprint density at radius 1 is 1.14 bits per heavy atom. The van der Waals surface area contributed by atoms with Crippen molar-refractivity contribution in [2.45, 2.75) is 18.9 Å². The molecule has 3 N–H and O–H groups in total. The lowest BCUT2D eigenvalue weighted by molar-refractivity contribution is -0.140. The van der Waals surface area contributed by atoms with Crippen LogP contribution in [0.4, 0.5) is 0 Å². The van der Waals surface area contributed by atoms with Crippen molar-refractivity contribution in [3.8, 4) is 0 Å². The molecular formula is C14H15NO7. The summed E-state index contributed by atoms with van der Waals surface area (Å²) in [5.41, 5.74) is -0.0548. The number of methoxy groups -OCH3 is 1. The zero-order chi connectivity index (χ0) is 16.7. The number of ether oxygens (including phenoxy) is 1. The minimum atomic E-state index is -1.37. The molecule has 0 aliphatic carbocycles. The number of nitrogens with one attached hydrogen (secondary N) is 1. The fourth-order valence-electron chi connectivity index (χ4n) is 1.73. The molecule has 0 aromatic heterocycles. The first kappa shape index (κ1) is 17.2. The van der Waals surface area contributed by atoms with Crippen molar-refractivity contribution in [1.82, 2.24) is 5.32 Å². The van der Waals surface area contributed by atoms with Gasteiger partial charge in [0.05, 0.1) is 18.2 Å². The van der Waals surface area contributed by atoms with Crippen molar-refractivity contribution in [3.05, 3.63) is 35.4 Å². The molecule has 118 valence electrons. The van der Waals surface area contributed by atoms with Gasteiger partial charge in [0.1, 0.15) is 6.04 Å². The number of carbonyl (C=O) groups is 4. The van der Waals surface area contributed by atoms with E-state index in [2.05, 4.69) is 10.1 Å². The Labute approximate surface area is 125 Å². The highest BCUT2D eigenvalue weighted by atomic mass is 16.5. The van der Waals surface area contributed by atoms with E-state index >= 15 is 0 Å². The molecule has 0 heterocycles. The molecule has 0 aliphatic rings. The molecule has 0 saturated carbocycles. The lowest BCUT2D eigenvalue weighted by Crippen LogP contribution is -2.41. The van der Waals surface area contributed by atoms with E-state index in [4.69, 9.17) is 10.2 Å². The lowest BCUT2D eigenvalue weighted by atomic mass is 10.1. The second-order valence-corrected chi connectivity index (χ2v) is 4.33. The third-order valence-corrected chi connectivity index (χ3v) is 2.83. The molecule has 1 aromatic carbocycles. The van der Waals surface area contributed by atoms with Crippen LogP contribution in [0, 0.1) is 0 Å². The summed E-state index contributed by atoms with van der Waals surface area (Å²) in [6.45, 7) is 0. The van der Waals surface area contributed by atoms with E-state index in [1.165, 1.54) is 24.3 Å². The van der Waals surface area contributed by atoms with E-state index in [0.29, 0.717) is 0 Å². The summed E-state index contributed by atoms with van der Waals surface area (Å²) >= 11 is 0. The largest absolute Gasteiger partial charge is 0.481 e. The Balaban J connectivity index is 2.93. The maximum Gasteiger partial charge on any atom is 0.338 e. The van der Waals surface area contributed by atoms with Crippen LogP contribution in [0.1, 0.15) is 33.6 Å². The van der Waals surface area contributed by atoms with Crippen molar-refractivity contribution < 1.29 is 34.1 Å². The monoisotopic (exact) mass is 309 g/mol.